The molecule has 1 fully saturated rings. The van der Waals surface area contributed by atoms with Gasteiger partial charge in [0.25, 0.3) is 0 Å². The Morgan fingerprint density at radius 3 is 2.89 bits per heavy atom. The average molecular weight is 379 g/mol. The molecule has 1 heterocycles. The number of rotatable bonds is 7. The van der Waals surface area contributed by atoms with Crippen LogP contribution in [0.25, 0.3) is 0 Å². The highest BCUT2D eigenvalue weighted by atomic mass is 19.1. The van der Waals surface area contributed by atoms with Crippen LogP contribution in [0.3, 0.4) is 0 Å². The Hall–Kier alpha value is -2.71. The molecule has 28 heavy (non-hydrogen) atoms. The fraction of sp³-hybridized carbons (Fsp3) is 0.391. The van der Waals surface area contributed by atoms with Crippen molar-refractivity contribution < 1.29 is 9.18 Å². The van der Waals surface area contributed by atoms with Gasteiger partial charge in [0.05, 0.1) is 11.6 Å². The van der Waals surface area contributed by atoms with Gasteiger partial charge >= 0.3 is 0 Å². The number of carbonyl (C=O) groups is 1. The molecule has 2 N–H and O–H groups in total. The van der Waals surface area contributed by atoms with Crippen molar-refractivity contribution >= 4 is 5.91 Å². The first-order valence-corrected chi connectivity index (χ1v) is 9.84. The van der Waals surface area contributed by atoms with Gasteiger partial charge in [-0.1, -0.05) is 30.3 Å². The van der Waals surface area contributed by atoms with E-state index in [4.69, 9.17) is 11.0 Å². The smallest absolute Gasteiger partial charge is 0.224 e. The molecule has 0 aromatic heterocycles. The van der Waals surface area contributed by atoms with Crippen molar-refractivity contribution in [3.8, 4) is 6.07 Å². The van der Waals surface area contributed by atoms with Gasteiger partial charge in [-0.15, -0.1) is 0 Å². The second kappa shape index (κ2) is 9.48. The highest BCUT2D eigenvalue weighted by Crippen LogP contribution is 2.23. The maximum Gasteiger partial charge on any atom is 0.224 e. The quantitative estimate of drug-likeness (QED) is 0.799. The molecule has 0 aliphatic carbocycles. The molecule has 4 nitrogen and oxygen atoms in total. The van der Waals surface area contributed by atoms with Crippen molar-refractivity contribution in [3.63, 3.8) is 0 Å². The molecule has 1 aliphatic rings. The van der Waals surface area contributed by atoms with E-state index in [0.717, 1.165) is 37.8 Å². The number of nitriles is 1. The lowest BCUT2D eigenvalue weighted by molar-refractivity contribution is -0.132. The minimum Gasteiger partial charge on any atom is -0.340 e. The maximum absolute atomic E-state index is 13.8. The summed E-state index contributed by atoms with van der Waals surface area (Å²) in [5, 5.41) is 9.03. The van der Waals surface area contributed by atoms with Crippen LogP contribution in [0.4, 0.5) is 4.39 Å². The first-order chi connectivity index (χ1) is 13.6. The monoisotopic (exact) mass is 379 g/mol. The van der Waals surface area contributed by atoms with Crippen LogP contribution < -0.4 is 5.73 Å². The summed E-state index contributed by atoms with van der Waals surface area (Å²) in [4.78, 5) is 14.7. The van der Waals surface area contributed by atoms with Crippen LogP contribution in [0.5, 0.6) is 0 Å². The molecular weight excluding hydrogens is 353 g/mol. The van der Waals surface area contributed by atoms with Gasteiger partial charge in [-0.3, -0.25) is 4.79 Å². The first-order valence-electron chi connectivity index (χ1n) is 9.84. The number of nitrogens with zero attached hydrogens (tertiary/aromatic N) is 2. The summed E-state index contributed by atoms with van der Waals surface area (Å²) in [6.45, 7) is 0.758. The number of carbonyl (C=O) groups excluding carboxylic acids is 1. The van der Waals surface area contributed by atoms with E-state index in [-0.39, 0.29) is 24.2 Å². The van der Waals surface area contributed by atoms with Crippen LogP contribution in [-0.4, -0.2) is 29.4 Å². The number of hydrogen-bond acceptors (Lipinski definition) is 3. The van der Waals surface area contributed by atoms with Crippen LogP contribution in [0, 0.1) is 17.1 Å². The third-order valence-corrected chi connectivity index (χ3v) is 5.40. The molecule has 0 saturated carbocycles. The number of benzene rings is 2. The molecule has 3 rings (SSSR count). The zero-order valence-electron chi connectivity index (χ0n) is 16.0. The fourth-order valence-electron chi connectivity index (χ4n) is 3.95. The minimum atomic E-state index is -0.391. The van der Waals surface area contributed by atoms with E-state index in [1.807, 2.05) is 23.1 Å². The standard InChI is InChI=1S/C23H26FN3O/c24-22-9-2-1-7-19(22)14-20(26)15-23(28)27-12-4-8-21(27)11-10-17-5-3-6-18(13-17)16-25/h1-3,5-7,9,13,20-21H,4,8,10-12,14-15,26H2/t20-,21+/m1/s1. The van der Waals surface area contributed by atoms with E-state index in [1.165, 1.54) is 6.07 Å². The molecule has 1 aliphatic heterocycles. The Morgan fingerprint density at radius 2 is 2.11 bits per heavy atom. The van der Waals surface area contributed by atoms with Crippen molar-refractivity contribution in [2.45, 2.75) is 50.6 Å². The van der Waals surface area contributed by atoms with Gasteiger partial charge in [0.2, 0.25) is 5.91 Å². The van der Waals surface area contributed by atoms with E-state index in [9.17, 15) is 9.18 Å². The first kappa shape index (κ1) is 20.0. The maximum atomic E-state index is 13.8. The summed E-state index contributed by atoms with van der Waals surface area (Å²) in [5.74, 6) is -0.221. The lowest BCUT2D eigenvalue weighted by Gasteiger charge is -2.26. The molecule has 1 saturated heterocycles. The number of halogens is 1. The van der Waals surface area contributed by atoms with Crippen LogP contribution in [0.1, 0.15) is 42.4 Å². The normalized spacial score (nSPS) is 17.3. The van der Waals surface area contributed by atoms with E-state index in [2.05, 4.69) is 6.07 Å². The SMILES string of the molecule is N#Cc1cccc(CC[C@@H]2CCCN2C(=O)C[C@H](N)Cc2ccccc2F)c1. The predicted octanol–water partition coefficient (Wildman–Crippen LogP) is 3.58. The lowest BCUT2D eigenvalue weighted by Crippen LogP contribution is -2.39. The summed E-state index contributed by atoms with van der Waals surface area (Å²) >= 11 is 0. The average Bonchev–Trinajstić information content (AvgIpc) is 3.17. The van der Waals surface area contributed by atoms with Gasteiger partial charge in [0.15, 0.2) is 0 Å². The van der Waals surface area contributed by atoms with E-state index in [1.54, 1.807) is 24.3 Å². The second-order valence-corrected chi connectivity index (χ2v) is 7.49. The van der Waals surface area contributed by atoms with E-state index >= 15 is 0 Å². The number of amides is 1. The van der Waals surface area contributed by atoms with Gasteiger partial charge in [-0.05, 0) is 61.4 Å². The Bertz CT molecular complexity index is 861. The Balaban J connectivity index is 1.53. The van der Waals surface area contributed by atoms with E-state index in [0.29, 0.717) is 17.5 Å². The molecule has 146 valence electrons. The molecule has 5 heteroatoms. The third kappa shape index (κ3) is 5.17. The highest BCUT2D eigenvalue weighted by Gasteiger charge is 2.29. The highest BCUT2D eigenvalue weighted by molar-refractivity contribution is 5.77. The molecule has 1 amide bonds. The van der Waals surface area contributed by atoms with Gasteiger partial charge in [0, 0.05) is 25.0 Å². The summed E-state index contributed by atoms with van der Waals surface area (Å²) in [6.07, 6.45) is 4.30. The molecule has 2 aromatic rings. The Morgan fingerprint density at radius 1 is 1.29 bits per heavy atom. The van der Waals surface area contributed by atoms with Crippen molar-refractivity contribution in [1.82, 2.24) is 4.90 Å². The number of hydrogen-bond donors (Lipinski definition) is 1. The summed E-state index contributed by atoms with van der Waals surface area (Å²) in [7, 11) is 0. The van der Waals surface area contributed by atoms with Gasteiger partial charge in [-0.25, -0.2) is 4.39 Å². The second-order valence-electron chi connectivity index (χ2n) is 7.49. The van der Waals surface area contributed by atoms with Crippen LogP contribution in [0.2, 0.25) is 0 Å². The third-order valence-electron chi connectivity index (χ3n) is 5.40. The summed E-state index contributed by atoms with van der Waals surface area (Å²) in [5.41, 5.74) is 8.48. The fourth-order valence-corrected chi connectivity index (χ4v) is 3.95. The molecule has 0 unspecified atom stereocenters. The van der Waals surface area contributed by atoms with Gasteiger partial charge < -0.3 is 10.6 Å². The summed E-state index contributed by atoms with van der Waals surface area (Å²) < 4.78 is 13.8. The predicted molar refractivity (Wildman–Crippen MR) is 107 cm³/mol. The molecule has 0 bridgehead atoms. The topological polar surface area (TPSA) is 70.1 Å². The molecule has 0 spiro atoms. The van der Waals surface area contributed by atoms with Crippen molar-refractivity contribution in [3.05, 3.63) is 71.0 Å². The van der Waals surface area contributed by atoms with Crippen LogP contribution >= 0.6 is 0 Å². The van der Waals surface area contributed by atoms with Gasteiger partial charge in [0.1, 0.15) is 5.82 Å². The molecule has 2 aromatic carbocycles. The Kier molecular flexibility index (Phi) is 6.78. The number of aryl methyl sites for hydroxylation is 1. The number of likely N-dealkylation sites (tertiary alicyclic amines) is 1. The minimum absolute atomic E-state index is 0.0529. The van der Waals surface area contributed by atoms with Crippen LogP contribution in [0.15, 0.2) is 48.5 Å². The summed E-state index contributed by atoms with van der Waals surface area (Å²) in [6, 6.07) is 16.2. The molecule has 0 radical (unpaired) electrons. The lowest BCUT2D eigenvalue weighted by atomic mass is 10.0. The van der Waals surface area contributed by atoms with E-state index < -0.39 is 6.04 Å². The van der Waals surface area contributed by atoms with Crippen molar-refractivity contribution in [2.75, 3.05) is 6.54 Å². The van der Waals surface area contributed by atoms with Crippen molar-refractivity contribution in [2.24, 2.45) is 5.73 Å². The Labute approximate surface area is 165 Å². The molecular formula is C23H26FN3O. The zero-order chi connectivity index (χ0) is 19.9. The van der Waals surface area contributed by atoms with Crippen LogP contribution in [-0.2, 0) is 17.6 Å². The largest absolute Gasteiger partial charge is 0.340 e. The molecule has 2 atom stereocenters. The van der Waals surface area contributed by atoms with Gasteiger partial charge in [-0.2, -0.15) is 5.26 Å². The zero-order valence-corrected chi connectivity index (χ0v) is 16.0. The number of nitrogens with two attached hydrogens (primary N) is 1. The van der Waals surface area contributed by atoms with Crippen molar-refractivity contribution in [1.29, 1.82) is 5.26 Å².